The van der Waals surface area contributed by atoms with Crippen molar-refractivity contribution in [2.75, 3.05) is 0 Å². The Bertz CT molecular complexity index is 1040. The summed E-state index contributed by atoms with van der Waals surface area (Å²) in [6, 6.07) is 18.4. The van der Waals surface area contributed by atoms with E-state index in [0.29, 0.717) is 5.57 Å². The molecule has 0 aliphatic heterocycles. The van der Waals surface area contributed by atoms with Gasteiger partial charge in [-0.05, 0) is 28.7 Å². The fourth-order valence-corrected chi connectivity index (χ4v) is 4.27. The Morgan fingerprint density at radius 3 is 2.33 bits per heavy atom. The summed E-state index contributed by atoms with van der Waals surface area (Å²) in [6.07, 6.45) is 3.67. The van der Waals surface area contributed by atoms with Gasteiger partial charge in [0, 0.05) is 17.2 Å². The largest absolute Gasteiger partial charge is 0.508 e. The molecule has 0 atom stereocenters. The van der Waals surface area contributed by atoms with Crippen molar-refractivity contribution >= 4 is 35.2 Å². The van der Waals surface area contributed by atoms with Crippen LogP contribution >= 0.6 is 0 Å². The topological polar surface area (TPSA) is 33.1 Å². The lowest BCUT2D eigenvalue weighted by molar-refractivity contribution is 0.440. The SMILES string of the molecule is C=C(O)/C(=C\C(=C)c1nccc2cc([Si](C)(C)C)ccc12)c1ccccc1. The van der Waals surface area contributed by atoms with Gasteiger partial charge in [-0.2, -0.15) is 0 Å². The highest BCUT2D eigenvalue weighted by Gasteiger charge is 2.17. The summed E-state index contributed by atoms with van der Waals surface area (Å²) in [5.74, 6) is 0.0172. The second-order valence-corrected chi connectivity index (χ2v) is 12.8. The van der Waals surface area contributed by atoms with Gasteiger partial charge in [-0.1, -0.05) is 86.5 Å². The molecule has 1 N–H and O–H groups in total. The van der Waals surface area contributed by atoms with Crippen LogP contribution in [-0.4, -0.2) is 18.2 Å². The minimum atomic E-state index is -1.38. The molecule has 27 heavy (non-hydrogen) atoms. The van der Waals surface area contributed by atoms with E-state index in [1.54, 1.807) is 0 Å². The molecule has 0 aliphatic carbocycles. The van der Waals surface area contributed by atoms with Crippen molar-refractivity contribution in [3.05, 3.63) is 97.0 Å². The van der Waals surface area contributed by atoms with Crippen LogP contribution < -0.4 is 5.19 Å². The Balaban J connectivity index is 2.09. The van der Waals surface area contributed by atoms with Crippen molar-refractivity contribution in [3.63, 3.8) is 0 Å². The van der Waals surface area contributed by atoms with Gasteiger partial charge in [-0.25, -0.2) is 0 Å². The van der Waals surface area contributed by atoms with Gasteiger partial charge in [0.05, 0.1) is 13.8 Å². The maximum atomic E-state index is 10.1. The first-order valence-electron chi connectivity index (χ1n) is 9.01. The first kappa shape index (κ1) is 18.9. The van der Waals surface area contributed by atoms with Crippen molar-refractivity contribution in [2.45, 2.75) is 19.6 Å². The molecule has 0 amide bonds. The highest BCUT2D eigenvalue weighted by molar-refractivity contribution is 6.88. The molecule has 0 radical (unpaired) electrons. The van der Waals surface area contributed by atoms with E-state index in [9.17, 15) is 5.11 Å². The molecule has 1 heterocycles. The van der Waals surface area contributed by atoms with E-state index in [-0.39, 0.29) is 5.76 Å². The van der Waals surface area contributed by atoms with Gasteiger partial charge in [0.1, 0.15) is 5.76 Å². The number of pyridine rings is 1. The molecular formula is C24H25NOSi. The van der Waals surface area contributed by atoms with Crippen LogP contribution in [0.15, 0.2) is 85.8 Å². The number of hydrogen-bond donors (Lipinski definition) is 1. The monoisotopic (exact) mass is 371 g/mol. The lowest BCUT2D eigenvalue weighted by Gasteiger charge is -2.18. The summed E-state index contributed by atoms with van der Waals surface area (Å²) in [5, 5.41) is 13.7. The number of rotatable bonds is 5. The lowest BCUT2D eigenvalue weighted by Crippen LogP contribution is -2.37. The number of nitrogens with zero attached hydrogens (tertiary/aromatic N) is 1. The first-order valence-corrected chi connectivity index (χ1v) is 12.5. The second-order valence-electron chi connectivity index (χ2n) is 7.74. The molecule has 2 nitrogen and oxygen atoms in total. The molecule has 0 bridgehead atoms. The van der Waals surface area contributed by atoms with Crippen LogP contribution in [0.3, 0.4) is 0 Å². The fourth-order valence-electron chi connectivity index (χ4n) is 3.09. The van der Waals surface area contributed by atoms with E-state index in [1.807, 2.05) is 48.7 Å². The van der Waals surface area contributed by atoms with E-state index >= 15 is 0 Å². The van der Waals surface area contributed by atoms with Crippen molar-refractivity contribution in [2.24, 2.45) is 0 Å². The number of aliphatic hydroxyl groups excluding tert-OH is 1. The molecule has 136 valence electrons. The predicted molar refractivity (Wildman–Crippen MR) is 120 cm³/mol. The molecule has 3 aromatic rings. The third kappa shape index (κ3) is 4.09. The molecule has 3 rings (SSSR count). The summed E-state index contributed by atoms with van der Waals surface area (Å²) in [7, 11) is -1.38. The van der Waals surface area contributed by atoms with E-state index in [2.05, 4.69) is 56.0 Å². The number of aliphatic hydroxyl groups is 1. The minimum Gasteiger partial charge on any atom is -0.508 e. The summed E-state index contributed by atoms with van der Waals surface area (Å²) in [4.78, 5) is 4.56. The van der Waals surface area contributed by atoms with Gasteiger partial charge in [-0.3, -0.25) is 4.98 Å². The fraction of sp³-hybridized carbons (Fsp3) is 0.125. The van der Waals surface area contributed by atoms with Gasteiger partial charge in [0.2, 0.25) is 0 Å². The Morgan fingerprint density at radius 1 is 1.00 bits per heavy atom. The summed E-state index contributed by atoms with van der Waals surface area (Å²) >= 11 is 0. The number of benzene rings is 2. The molecule has 3 heteroatoms. The normalized spacial score (nSPS) is 12.2. The Labute approximate surface area is 162 Å². The standard InChI is InChI=1S/C24H25NOSi/c1-17(15-23(18(2)26)19-9-7-6-8-10-19)24-22-12-11-21(27(3,4)5)16-20(22)13-14-25-24/h6-16,26H,1-2H2,3-5H3/b23-15+. The highest BCUT2D eigenvalue weighted by Crippen LogP contribution is 2.28. The third-order valence-electron chi connectivity index (χ3n) is 4.65. The zero-order valence-electron chi connectivity index (χ0n) is 16.2. The van der Waals surface area contributed by atoms with Crippen molar-refractivity contribution < 1.29 is 5.11 Å². The molecule has 0 saturated heterocycles. The average Bonchev–Trinajstić information content (AvgIpc) is 2.64. The molecule has 0 unspecified atom stereocenters. The number of fused-ring (bicyclic) bond motifs is 1. The molecule has 0 spiro atoms. The van der Waals surface area contributed by atoms with Crippen molar-refractivity contribution in [1.82, 2.24) is 4.98 Å². The van der Waals surface area contributed by atoms with E-state index in [4.69, 9.17) is 0 Å². The van der Waals surface area contributed by atoms with Gasteiger partial charge in [0.25, 0.3) is 0 Å². The lowest BCUT2D eigenvalue weighted by atomic mass is 9.99. The van der Waals surface area contributed by atoms with Gasteiger partial charge < -0.3 is 5.11 Å². The van der Waals surface area contributed by atoms with Crippen LogP contribution in [0.4, 0.5) is 0 Å². The second kappa shape index (κ2) is 7.37. The maximum absolute atomic E-state index is 10.1. The number of hydrogen-bond acceptors (Lipinski definition) is 2. The maximum Gasteiger partial charge on any atom is 0.116 e. The van der Waals surface area contributed by atoms with Crippen LogP contribution in [0.25, 0.3) is 21.9 Å². The summed E-state index contributed by atoms with van der Waals surface area (Å²) < 4.78 is 0. The molecule has 0 saturated carbocycles. The Kier molecular flexibility index (Phi) is 5.15. The van der Waals surface area contributed by atoms with E-state index in [1.165, 1.54) is 10.6 Å². The van der Waals surface area contributed by atoms with E-state index in [0.717, 1.165) is 22.2 Å². The minimum absolute atomic E-state index is 0.0172. The molecule has 2 aromatic carbocycles. The number of aromatic nitrogens is 1. The van der Waals surface area contributed by atoms with Gasteiger partial charge >= 0.3 is 0 Å². The zero-order valence-corrected chi connectivity index (χ0v) is 17.2. The molecule has 0 fully saturated rings. The third-order valence-corrected chi connectivity index (χ3v) is 6.69. The first-order chi connectivity index (χ1) is 12.8. The highest BCUT2D eigenvalue weighted by atomic mass is 28.3. The van der Waals surface area contributed by atoms with E-state index < -0.39 is 8.07 Å². The Hall–Kier alpha value is -2.91. The summed E-state index contributed by atoms with van der Waals surface area (Å²) in [6.45, 7) is 15.0. The quantitative estimate of drug-likeness (QED) is 0.341. The van der Waals surface area contributed by atoms with Crippen LogP contribution in [0.2, 0.25) is 19.6 Å². The molecule has 0 aliphatic rings. The van der Waals surface area contributed by atoms with Crippen LogP contribution in [0.5, 0.6) is 0 Å². The number of allylic oxidation sites excluding steroid dienone is 3. The predicted octanol–water partition coefficient (Wildman–Crippen LogP) is 5.95. The smallest absolute Gasteiger partial charge is 0.116 e. The van der Waals surface area contributed by atoms with Crippen LogP contribution in [0, 0.1) is 0 Å². The molecule has 1 aromatic heterocycles. The van der Waals surface area contributed by atoms with Gasteiger partial charge in [0.15, 0.2) is 0 Å². The Morgan fingerprint density at radius 2 is 1.70 bits per heavy atom. The zero-order chi connectivity index (χ0) is 19.6. The average molecular weight is 372 g/mol. The van der Waals surface area contributed by atoms with Crippen LogP contribution in [0.1, 0.15) is 11.3 Å². The van der Waals surface area contributed by atoms with Crippen LogP contribution in [-0.2, 0) is 0 Å². The van der Waals surface area contributed by atoms with Gasteiger partial charge in [-0.15, -0.1) is 0 Å². The summed E-state index contributed by atoms with van der Waals surface area (Å²) in [5.41, 5.74) is 3.12. The van der Waals surface area contributed by atoms with Crippen molar-refractivity contribution in [3.8, 4) is 0 Å². The molecular weight excluding hydrogens is 346 g/mol. The van der Waals surface area contributed by atoms with Crippen molar-refractivity contribution in [1.29, 1.82) is 0 Å².